The molecule has 28 heavy (non-hydrogen) atoms. The summed E-state index contributed by atoms with van der Waals surface area (Å²) in [5, 5.41) is 0.470. The summed E-state index contributed by atoms with van der Waals surface area (Å²) in [5.41, 5.74) is 1.09. The monoisotopic (exact) mass is 402 g/mol. The van der Waals surface area contributed by atoms with Gasteiger partial charge in [-0.3, -0.25) is 9.59 Å². The Kier molecular flexibility index (Phi) is 5.52. The zero-order valence-electron chi connectivity index (χ0n) is 15.6. The lowest BCUT2D eigenvalue weighted by Crippen LogP contribution is -2.49. The Morgan fingerprint density at radius 2 is 1.61 bits per heavy atom. The van der Waals surface area contributed by atoms with E-state index in [1.54, 1.807) is 23.2 Å². The molecule has 2 amide bonds. The number of amides is 2. The quantitative estimate of drug-likeness (QED) is 0.789. The number of furan rings is 1. The molecule has 2 aliphatic heterocycles. The minimum absolute atomic E-state index is 0.00354. The minimum Gasteiger partial charge on any atom is -0.472 e. The fourth-order valence-electron chi connectivity index (χ4n) is 3.75. The van der Waals surface area contributed by atoms with Crippen molar-refractivity contribution < 1.29 is 14.0 Å². The standard InChI is InChI=1S/C20H23ClN4O3/c21-17-12-16(20(27)24-5-2-1-3-6-24)13-22-18(17)23-7-9-25(10-8-23)19(26)15-4-11-28-14-15/h4,11-14H,1-3,5-10H2. The van der Waals surface area contributed by atoms with Crippen molar-refractivity contribution in [2.45, 2.75) is 19.3 Å². The molecule has 2 aromatic rings. The summed E-state index contributed by atoms with van der Waals surface area (Å²) < 4.78 is 4.99. The van der Waals surface area contributed by atoms with Crippen LogP contribution in [0.4, 0.5) is 5.82 Å². The van der Waals surface area contributed by atoms with Crippen LogP contribution in [0.25, 0.3) is 0 Å². The lowest BCUT2D eigenvalue weighted by molar-refractivity contribution is 0.0721. The zero-order chi connectivity index (χ0) is 19.5. The van der Waals surface area contributed by atoms with Gasteiger partial charge in [-0.2, -0.15) is 0 Å². The predicted molar refractivity (Wildman–Crippen MR) is 106 cm³/mol. The summed E-state index contributed by atoms with van der Waals surface area (Å²) in [6, 6.07) is 3.38. The van der Waals surface area contributed by atoms with E-state index in [0.29, 0.717) is 48.1 Å². The number of hydrogen-bond acceptors (Lipinski definition) is 5. The highest BCUT2D eigenvalue weighted by atomic mass is 35.5. The Morgan fingerprint density at radius 1 is 0.929 bits per heavy atom. The topological polar surface area (TPSA) is 69.9 Å². The van der Waals surface area contributed by atoms with Crippen molar-refractivity contribution in [2.75, 3.05) is 44.2 Å². The number of nitrogens with zero attached hydrogens (tertiary/aromatic N) is 4. The zero-order valence-corrected chi connectivity index (χ0v) is 16.4. The number of hydrogen-bond donors (Lipinski definition) is 0. The molecular weight excluding hydrogens is 380 g/mol. The summed E-state index contributed by atoms with van der Waals surface area (Å²) in [7, 11) is 0. The van der Waals surface area contributed by atoms with Gasteiger partial charge in [0.15, 0.2) is 0 Å². The molecule has 2 aliphatic rings. The maximum atomic E-state index is 12.6. The van der Waals surface area contributed by atoms with Crippen LogP contribution in [-0.2, 0) is 0 Å². The van der Waals surface area contributed by atoms with Gasteiger partial charge in [0.25, 0.3) is 11.8 Å². The number of aromatic nitrogens is 1. The molecule has 0 aliphatic carbocycles. The van der Waals surface area contributed by atoms with Crippen molar-refractivity contribution in [3.8, 4) is 0 Å². The normalized spacial score (nSPS) is 17.7. The van der Waals surface area contributed by atoms with Crippen LogP contribution in [0.5, 0.6) is 0 Å². The van der Waals surface area contributed by atoms with Crippen LogP contribution in [0, 0.1) is 0 Å². The average Bonchev–Trinajstić information content (AvgIpc) is 3.28. The van der Waals surface area contributed by atoms with Gasteiger partial charge < -0.3 is 19.1 Å². The molecule has 0 spiro atoms. The largest absolute Gasteiger partial charge is 0.472 e. The third-order valence-corrected chi connectivity index (χ3v) is 5.62. The third-order valence-electron chi connectivity index (χ3n) is 5.35. The molecule has 2 aromatic heterocycles. The molecule has 8 heteroatoms. The first-order valence-electron chi connectivity index (χ1n) is 9.65. The summed E-state index contributed by atoms with van der Waals surface area (Å²) in [4.78, 5) is 35.2. The second-order valence-electron chi connectivity index (χ2n) is 7.17. The molecule has 0 aromatic carbocycles. The smallest absolute Gasteiger partial charge is 0.257 e. The van der Waals surface area contributed by atoms with Crippen LogP contribution in [0.15, 0.2) is 35.3 Å². The highest BCUT2D eigenvalue weighted by Gasteiger charge is 2.25. The molecule has 2 saturated heterocycles. The molecule has 7 nitrogen and oxygen atoms in total. The highest BCUT2D eigenvalue weighted by Crippen LogP contribution is 2.26. The molecule has 2 fully saturated rings. The number of carbonyl (C=O) groups is 2. The first kappa shape index (κ1) is 18.8. The number of rotatable bonds is 3. The average molecular weight is 403 g/mol. The first-order valence-corrected chi connectivity index (χ1v) is 10.0. The predicted octanol–water partition coefficient (Wildman–Crippen LogP) is 2.92. The van der Waals surface area contributed by atoms with Gasteiger partial charge in [0.1, 0.15) is 12.1 Å². The Balaban J connectivity index is 1.40. The SMILES string of the molecule is O=C(c1cnc(N2CCN(C(=O)c3ccoc3)CC2)c(Cl)c1)N1CCCCC1. The van der Waals surface area contributed by atoms with Crippen molar-refractivity contribution >= 4 is 29.2 Å². The van der Waals surface area contributed by atoms with Crippen molar-refractivity contribution in [1.29, 1.82) is 0 Å². The van der Waals surface area contributed by atoms with Crippen molar-refractivity contribution in [1.82, 2.24) is 14.8 Å². The molecule has 4 heterocycles. The maximum absolute atomic E-state index is 12.6. The van der Waals surface area contributed by atoms with Gasteiger partial charge in [-0.15, -0.1) is 0 Å². The number of pyridine rings is 1. The van der Waals surface area contributed by atoms with E-state index in [0.717, 1.165) is 25.9 Å². The van der Waals surface area contributed by atoms with E-state index in [-0.39, 0.29) is 11.8 Å². The van der Waals surface area contributed by atoms with Crippen molar-refractivity contribution in [2.24, 2.45) is 0 Å². The molecule has 0 radical (unpaired) electrons. The Hall–Kier alpha value is -2.54. The van der Waals surface area contributed by atoms with Gasteiger partial charge in [0.2, 0.25) is 0 Å². The van der Waals surface area contributed by atoms with E-state index in [2.05, 4.69) is 9.88 Å². The van der Waals surface area contributed by atoms with Gasteiger partial charge in [-0.1, -0.05) is 11.6 Å². The number of carbonyl (C=O) groups excluding carboxylic acids is 2. The Labute approximate surface area is 168 Å². The van der Waals surface area contributed by atoms with E-state index in [1.165, 1.54) is 18.9 Å². The first-order chi connectivity index (χ1) is 13.6. The van der Waals surface area contributed by atoms with Gasteiger partial charge in [0.05, 0.1) is 22.4 Å². The summed E-state index contributed by atoms with van der Waals surface area (Å²) in [6.07, 6.45) is 7.85. The molecule has 0 bridgehead atoms. The van der Waals surface area contributed by atoms with E-state index >= 15 is 0 Å². The number of piperazine rings is 1. The van der Waals surface area contributed by atoms with Crippen molar-refractivity contribution in [3.63, 3.8) is 0 Å². The third kappa shape index (κ3) is 3.85. The van der Waals surface area contributed by atoms with Gasteiger partial charge in [0, 0.05) is 45.5 Å². The van der Waals surface area contributed by atoms with Crippen molar-refractivity contribution in [3.05, 3.63) is 47.0 Å². The fraction of sp³-hybridized carbons (Fsp3) is 0.450. The molecule has 0 N–H and O–H groups in total. The number of piperidine rings is 1. The van der Waals surface area contributed by atoms with E-state index in [9.17, 15) is 9.59 Å². The van der Waals surface area contributed by atoms with Crippen LogP contribution in [0.3, 0.4) is 0 Å². The van der Waals surface area contributed by atoms with Crippen LogP contribution in [0.2, 0.25) is 5.02 Å². The van der Waals surface area contributed by atoms with E-state index in [1.807, 2.05) is 4.90 Å². The minimum atomic E-state index is -0.0325. The maximum Gasteiger partial charge on any atom is 0.257 e. The molecule has 0 atom stereocenters. The lowest BCUT2D eigenvalue weighted by Gasteiger charge is -2.35. The van der Waals surface area contributed by atoms with Crippen LogP contribution in [-0.4, -0.2) is 65.9 Å². The van der Waals surface area contributed by atoms with Gasteiger partial charge in [-0.25, -0.2) is 4.98 Å². The molecule has 0 unspecified atom stereocenters. The van der Waals surface area contributed by atoms with Gasteiger partial charge in [-0.05, 0) is 31.4 Å². The van der Waals surface area contributed by atoms with Crippen LogP contribution >= 0.6 is 11.6 Å². The van der Waals surface area contributed by atoms with E-state index < -0.39 is 0 Å². The molecule has 148 valence electrons. The summed E-state index contributed by atoms with van der Waals surface area (Å²) in [5.74, 6) is 0.624. The van der Waals surface area contributed by atoms with Crippen LogP contribution in [0.1, 0.15) is 40.0 Å². The number of anilines is 1. The molecule has 4 rings (SSSR count). The van der Waals surface area contributed by atoms with Gasteiger partial charge >= 0.3 is 0 Å². The molecular formula is C20H23ClN4O3. The summed E-state index contributed by atoms with van der Waals surface area (Å²) in [6.45, 7) is 4.02. The number of halogens is 1. The molecule has 0 saturated carbocycles. The second kappa shape index (κ2) is 8.22. The second-order valence-corrected chi connectivity index (χ2v) is 7.58. The lowest BCUT2D eigenvalue weighted by atomic mass is 10.1. The Bertz CT molecular complexity index is 841. The Morgan fingerprint density at radius 3 is 2.25 bits per heavy atom. The fourth-order valence-corrected chi connectivity index (χ4v) is 4.04. The number of likely N-dealkylation sites (tertiary alicyclic amines) is 1. The van der Waals surface area contributed by atoms with E-state index in [4.69, 9.17) is 16.0 Å². The van der Waals surface area contributed by atoms with Crippen LogP contribution < -0.4 is 4.90 Å². The highest BCUT2D eigenvalue weighted by molar-refractivity contribution is 6.33. The summed E-state index contributed by atoms with van der Waals surface area (Å²) >= 11 is 6.46.